The van der Waals surface area contributed by atoms with Crippen molar-refractivity contribution in [1.29, 1.82) is 0 Å². The lowest BCUT2D eigenvalue weighted by Crippen LogP contribution is -2.46. The normalized spacial score (nSPS) is 13.1. The molecule has 7 nitrogen and oxygen atoms in total. The minimum absolute atomic E-state index is 0.0188. The van der Waals surface area contributed by atoms with E-state index in [2.05, 4.69) is 15.4 Å². The van der Waals surface area contributed by atoms with Gasteiger partial charge in [0.05, 0.1) is 0 Å². The molecule has 0 aliphatic rings. The van der Waals surface area contributed by atoms with Crippen molar-refractivity contribution in [2.45, 2.75) is 45.2 Å². The standard InChI is InChI=1S/C11H18N4O3/c1-8(15-7-12-6-13-15)10(18)14-11(2,3)5-4-9(16)17/h6-8H,4-5H2,1-3H3,(H,14,18)(H,16,17). The molecule has 1 aromatic rings. The van der Waals surface area contributed by atoms with Crippen molar-refractivity contribution in [3.63, 3.8) is 0 Å². The number of carboxylic acids is 1. The summed E-state index contributed by atoms with van der Waals surface area (Å²) in [5, 5.41) is 15.3. The highest BCUT2D eigenvalue weighted by Gasteiger charge is 2.25. The number of rotatable bonds is 6. The van der Waals surface area contributed by atoms with Crippen molar-refractivity contribution in [3.05, 3.63) is 12.7 Å². The number of hydrogen-bond acceptors (Lipinski definition) is 4. The van der Waals surface area contributed by atoms with Gasteiger partial charge in [0.25, 0.3) is 0 Å². The maximum atomic E-state index is 12.0. The molecular weight excluding hydrogens is 236 g/mol. The molecule has 1 aromatic heterocycles. The van der Waals surface area contributed by atoms with E-state index in [9.17, 15) is 9.59 Å². The van der Waals surface area contributed by atoms with Gasteiger partial charge in [-0.3, -0.25) is 9.59 Å². The highest BCUT2D eigenvalue weighted by molar-refractivity contribution is 5.80. The number of aliphatic carboxylic acids is 1. The predicted octanol–water partition coefficient (Wildman–Crippen LogP) is 0.599. The maximum Gasteiger partial charge on any atom is 0.303 e. The van der Waals surface area contributed by atoms with E-state index in [0.29, 0.717) is 6.42 Å². The molecule has 2 N–H and O–H groups in total. The fourth-order valence-corrected chi connectivity index (χ4v) is 1.46. The topological polar surface area (TPSA) is 97.1 Å². The minimum atomic E-state index is -0.873. The Morgan fingerprint density at radius 1 is 1.50 bits per heavy atom. The summed E-state index contributed by atoms with van der Waals surface area (Å²) in [5.41, 5.74) is -0.565. The summed E-state index contributed by atoms with van der Waals surface area (Å²) in [4.78, 5) is 26.2. The van der Waals surface area contributed by atoms with Crippen molar-refractivity contribution in [3.8, 4) is 0 Å². The van der Waals surface area contributed by atoms with Crippen LogP contribution < -0.4 is 5.32 Å². The van der Waals surface area contributed by atoms with Crippen molar-refractivity contribution >= 4 is 11.9 Å². The summed E-state index contributed by atoms with van der Waals surface area (Å²) in [6, 6.07) is -0.475. The predicted molar refractivity (Wildman–Crippen MR) is 63.8 cm³/mol. The lowest BCUT2D eigenvalue weighted by atomic mass is 9.98. The number of aromatic nitrogens is 3. The molecule has 0 aliphatic carbocycles. The van der Waals surface area contributed by atoms with Gasteiger partial charge in [-0.1, -0.05) is 0 Å². The highest BCUT2D eigenvalue weighted by atomic mass is 16.4. The summed E-state index contributed by atoms with van der Waals surface area (Å²) in [5.74, 6) is -1.09. The Bertz CT molecular complexity index is 414. The van der Waals surface area contributed by atoms with Crippen LogP contribution in [0, 0.1) is 0 Å². The molecule has 100 valence electrons. The lowest BCUT2D eigenvalue weighted by molar-refractivity contribution is -0.138. The van der Waals surface area contributed by atoms with Gasteiger partial charge < -0.3 is 10.4 Å². The van der Waals surface area contributed by atoms with Crippen LogP contribution in [0.1, 0.15) is 39.7 Å². The van der Waals surface area contributed by atoms with Crippen LogP contribution in [0.25, 0.3) is 0 Å². The van der Waals surface area contributed by atoms with E-state index in [-0.39, 0.29) is 12.3 Å². The number of nitrogens with zero attached hydrogens (tertiary/aromatic N) is 3. The number of carbonyl (C=O) groups is 2. The average Bonchev–Trinajstić information content (AvgIpc) is 2.78. The molecule has 0 aliphatic heterocycles. The third-order valence-electron chi connectivity index (χ3n) is 2.64. The van der Waals surface area contributed by atoms with Gasteiger partial charge in [0, 0.05) is 12.0 Å². The van der Waals surface area contributed by atoms with Crippen molar-refractivity contribution in [2.75, 3.05) is 0 Å². The summed E-state index contributed by atoms with van der Waals surface area (Å²) >= 11 is 0. The smallest absolute Gasteiger partial charge is 0.303 e. The van der Waals surface area contributed by atoms with E-state index in [4.69, 9.17) is 5.11 Å². The van der Waals surface area contributed by atoms with E-state index in [1.807, 2.05) is 0 Å². The first kappa shape index (κ1) is 14.1. The first-order valence-corrected chi connectivity index (χ1v) is 5.70. The second-order valence-corrected chi connectivity index (χ2v) is 4.82. The largest absolute Gasteiger partial charge is 0.481 e. The Hall–Kier alpha value is -1.92. The number of hydrogen-bond donors (Lipinski definition) is 2. The van der Waals surface area contributed by atoms with Crippen LogP contribution in [-0.2, 0) is 9.59 Å². The van der Waals surface area contributed by atoms with E-state index in [0.717, 1.165) is 0 Å². The van der Waals surface area contributed by atoms with Crippen molar-refractivity contribution in [1.82, 2.24) is 20.1 Å². The molecule has 0 radical (unpaired) electrons. The summed E-state index contributed by atoms with van der Waals surface area (Å²) in [7, 11) is 0. The van der Waals surface area contributed by atoms with Gasteiger partial charge in [0.15, 0.2) is 0 Å². The number of carbonyl (C=O) groups excluding carboxylic acids is 1. The highest BCUT2D eigenvalue weighted by Crippen LogP contribution is 2.13. The van der Waals surface area contributed by atoms with Crippen LogP contribution in [-0.4, -0.2) is 37.3 Å². The molecule has 0 aromatic carbocycles. The minimum Gasteiger partial charge on any atom is -0.481 e. The van der Waals surface area contributed by atoms with E-state index < -0.39 is 17.6 Å². The summed E-state index contributed by atoms with van der Waals surface area (Å²) in [6.45, 7) is 5.29. The zero-order valence-corrected chi connectivity index (χ0v) is 10.8. The van der Waals surface area contributed by atoms with E-state index >= 15 is 0 Å². The second-order valence-electron chi connectivity index (χ2n) is 4.82. The molecule has 0 saturated carbocycles. The molecule has 1 heterocycles. The molecular formula is C11H18N4O3. The average molecular weight is 254 g/mol. The first-order valence-electron chi connectivity index (χ1n) is 5.70. The Labute approximate surface area is 105 Å². The summed E-state index contributed by atoms with van der Waals surface area (Å²) < 4.78 is 1.45. The molecule has 0 fully saturated rings. The van der Waals surface area contributed by atoms with E-state index in [1.54, 1.807) is 20.8 Å². The Morgan fingerprint density at radius 3 is 2.67 bits per heavy atom. The number of nitrogens with one attached hydrogen (secondary N) is 1. The number of amides is 1. The van der Waals surface area contributed by atoms with Gasteiger partial charge in [-0.15, -0.1) is 0 Å². The van der Waals surface area contributed by atoms with Gasteiger partial charge in [-0.05, 0) is 27.2 Å². The van der Waals surface area contributed by atoms with Crippen LogP contribution in [0.5, 0.6) is 0 Å². The third-order valence-corrected chi connectivity index (χ3v) is 2.64. The van der Waals surface area contributed by atoms with Gasteiger partial charge in [-0.25, -0.2) is 9.67 Å². The molecule has 18 heavy (non-hydrogen) atoms. The molecule has 0 saturated heterocycles. The van der Waals surface area contributed by atoms with Gasteiger partial charge in [-0.2, -0.15) is 5.10 Å². The summed E-state index contributed by atoms with van der Waals surface area (Å²) in [6.07, 6.45) is 3.22. The Morgan fingerprint density at radius 2 is 2.17 bits per heavy atom. The molecule has 7 heteroatoms. The van der Waals surface area contributed by atoms with Crippen LogP contribution in [0.15, 0.2) is 12.7 Å². The third kappa shape index (κ3) is 4.15. The zero-order chi connectivity index (χ0) is 13.8. The van der Waals surface area contributed by atoms with Gasteiger partial charge in [0.2, 0.25) is 5.91 Å². The van der Waals surface area contributed by atoms with Crippen molar-refractivity contribution < 1.29 is 14.7 Å². The van der Waals surface area contributed by atoms with Crippen LogP contribution in [0.4, 0.5) is 0 Å². The van der Waals surface area contributed by atoms with Gasteiger partial charge in [0.1, 0.15) is 18.7 Å². The molecule has 1 amide bonds. The van der Waals surface area contributed by atoms with Gasteiger partial charge >= 0.3 is 5.97 Å². The maximum absolute atomic E-state index is 12.0. The first-order chi connectivity index (χ1) is 8.32. The Balaban J connectivity index is 2.55. The van der Waals surface area contributed by atoms with Crippen LogP contribution in [0.2, 0.25) is 0 Å². The Kier molecular flexibility index (Phi) is 4.41. The second kappa shape index (κ2) is 5.61. The molecule has 0 spiro atoms. The van der Waals surface area contributed by atoms with Crippen LogP contribution >= 0.6 is 0 Å². The molecule has 0 bridgehead atoms. The molecule has 1 rings (SSSR count). The van der Waals surface area contributed by atoms with Crippen LogP contribution in [0.3, 0.4) is 0 Å². The van der Waals surface area contributed by atoms with E-state index in [1.165, 1.54) is 17.3 Å². The fraction of sp³-hybridized carbons (Fsp3) is 0.636. The zero-order valence-electron chi connectivity index (χ0n) is 10.8. The van der Waals surface area contributed by atoms with Crippen molar-refractivity contribution in [2.24, 2.45) is 0 Å². The molecule has 1 atom stereocenters. The molecule has 1 unspecified atom stereocenters. The fourth-order valence-electron chi connectivity index (χ4n) is 1.46. The number of carboxylic acid groups (broad SMARTS) is 1. The lowest BCUT2D eigenvalue weighted by Gasteiger charge is -2.27. The monoisotopic (exact) mass is 254 g/mol. The SMILES string of the molecule is CC(C(=O)NC(C)(C)CCC(=O)O)n1cncn1. The quantitative estimate of drug-likeness (QED) is 0.774.